The molecule has 6 heterocycles. The minimum Gasteiger partial charge on any atom is -0.481 e. The van der Waals surface area contributed by atoms with Crippen LogP contribution in [0.1, 0.15) is 35.6 Å². The third-order valence-electron chi connectivity index (χ3n) is 10.9. The number of alkyl halides is 3. The van der Waals surface area contributed by atoms with Crippen LogP contribution in [0.5, 0.6) is 11.6 Å². The first-order valence-corrected chi connectivity index (χ1v) is 19.4. The van der Waals surface area contributed by atoms with Gasteiger partial charge >= 0.3 is 6.36 Å². The number of piperidine rings is 2. The second kappa shape index (κ2) is 15.8. The highest BCUT2D eigenvalue weighted by Crippen LogP contribution is 2.37. The van der Waals surface area contributed by atoms with E-state index in [1.54, 1.807) is 41.5 Å². The van der Waals surface area contributed by atoms with Crippen molar-refractivity contribution in [3.8, 4) is 27.9 Å². The van der Waals surface area contributed by atoms with Gasteiger partial charge < -0.3 is 24.0 Å². The van der Waals surface area contributed by atoms with Gasteiger partial charge in [-0.1, -0.05) is 30.3 Å². The van der Waals surface area contributed by atoms with Crippen LogP contribution in [-0.4, -0.2) is 90.2 Å². The lowest BCUT2D eigenvalue weighted by Gasteiger charge is -2.43. The second-order valence-corrected chi connectivity index (χ2v) is 15.7. The fraction of sp³-hybridized carbons (Fsp3) is 0.341. The van der Waals surface area contributed by atoms with Gasteiger partial charge in [0.15, 0.2) is 5.65 Å². The maximum absolute atomic E-state index is 14.3. The van der Waals surface area contributed by atoms with E-state index in [0.717, 1.165) is 34.1 Å². The van der Waals surface area contributed by atoms with Gasteiger partial charge in [0.25, 0.3) is 5.56 Å². The molecule has 1 amide bonds. The molecule has 0 aliphatic carbocycles. The number of aromatic nitrogens is 5. The molecule has 2 aliphatic heterocycles. The third-order valence-corrected chi connectivity index (χ3v) is 11.9. The number of likely N-dealkylation sites (tertiary alicyclic amines) is 2. The number of methoxy groups -OCH3 is 1. The molecule has 0 unspecified atom stereocenters. The fourth-order valence-electron chi connectivity index (χ4n) is 7.90. The zero-order chi connectivity index (χ0) is 39.7. The average Bonchev–Trinajstić information content (AvgIpc) is 3.87. The van der Waals surface area contributed by atoms with Crippen LogP contribution in [0.2, 0.25) is 0 Å². The van der Waals surface area contributed by atoms with Crippen molar-refractivity contribution >= 4 is 28.3 Å². The van der Waals surface area contributed by atoms with Crippen molar-refractivity contribution in [3.63, 3.8) is 0 Å². The maximum Gasteiger partial charge on any atom is 0.573 e. The first-order chi connectivity index (χ1) is 27.4. The van der Waals surface area contributed by atoms with Crippen LogP contribution in [0.25, 0.3) is 27.3 Å². The lowest BCUT2D eigenvalue weighted by Crippen LogP contribution is -2.53. The van der Waals surface area contributed by atoms with E-state index in [9.17, 15) is 27.9 Å². The van der Waals surface area contributed by atoms with Gasteiger partial charge in [0, 0.05) is 78.8 Å². The quantitative estimate of drug-likeness (QED) is 0.171. The van der Waals surface area contributed by atoms with Gasteiger partial charge in [0.1, 0.15) is 17.1 Å². The SMILES string of the molecule is COc1ccc(-c2ncc(CN3CC[C@@H](C(=O)N4CCC(O)(Cn5cnc6c(ccn6-c6ccc(OC(F)(F)F)cc6)c5=O)CC4)[C@H](c4ccccc4)C3)s2)cn1. The van der Waals surface area contributed by atoms with E-state index in [-0.39, 0.29) is 35.6 Å². The molecule has 0 spiro atoms. The van der Waals surface area contributed by atoms with Crippen molar-refractivity contribution in [2.75, 3.05) is 33.3 Å². The van der Waals surface area contributed by atoms with Gasteiger partial charge in [0.05, 0.1) is 24.6 Å². The van der Waals surface area contributed by atoms with Crippen molar-refractivity contribution in [1.29, 1.82) is 0 Å². The average molecular weight is 800 g/mol. The van der Waals surface area contributed by atoms with Crippen LogP contribution < -0.4 is 15.0 Å². The number of carbonyl (C=O) groups excluding carboxylic acids is 1. The summed E-state index contributed by atoms with van der Waals surface area (Å²) < 4.78 is 49.9. The van der Waals surface area contributed by atoms with Crippen LogP contribution in [0.3, 0.4) is 0 Å². The Morgan fingerprint density at radius 2 is 1.74 bits per heavy atom. The predicted molar refractivity (Wildman–Crippen MR) is 207 cm³/mol. The van der Waals surface area contributed by atoms with E-state index < -0.39 is 12.0 Å². The molecule has 57 heavy (non-hydrogen) atoms. The molecule has 1 N–H and O–H groups in total. The summed E-state index contributed by atoms with van der Waals surface area (Å²) in [5, 5.41) is 12.9. The summed E-state index contributed by atoms with van der Waals surface area (Å²) in [6.07, 6.45) is 3.14. The van der Waals surface area contributed by atoms with Gasteiger partial charge in [-0.2, -0.15) is 0 Å². The number of hydrogen-bond donors (Lipinski definition) is 1. The number of fused-ring (bicyclic) bond motifs is 1. The maximum atomic E-state index is 14.3. The number of pyridine rings is 1. The zero-order valence-corrected chi connectivity index (χ0v) is 31.8. The van der Waals surface area contributed by atoms with E-state index in [4.69, 9.17) is 4.74 Å². The first kappa shape index (κ1) is 38.3. The largest absolute Gasteiger partial charge is 0.573 e. The number of amides is 1. The number of ether oxygens (including phenoxy) is 2. The van der Waals surface area contributed by atoms with Gasteiger partial charge in [-0.3, -0.25) is 19.1 Å². The number of rotatable bonds is 10. The molecule has 2 aromatic carbocycles. The molecule has 296 valence electrons. The number of aliphatic hydroxyl groups is 1. The van der Waals surface area contributed by atoms with Crippen LogP contribution in [-0.2, 0) is 17.9 Å². The lowest BCUT2D eigenvalue weighted by molar-refractivity contribution is -0.274. The van der Waals surface area contributed by atoms with E-state index in [1.807, 2.05) is 41.4 Å². The Bertz CT molecular complexity index is 2390. The molecule has 8 rings (SSSR count). The summed E-state index contributed by atoms with van der Waals surface area (Å²) in [6.45, 7) is 2.91. The second-order valence-electron chi connectivity index (χ2n) is 14.6. The lowest BCUT2D eigenvalue weighted by atomic mass is 9.79. The molecular weight excluding hydrogens is 760 g/mol. The summed E-state index contributed by atoms with van der Waals surface area (Å²) in [5.74, 6) is 0.0404. The highest BCUT2D eigenvalue weighted by Gasteiger charge is 2.41. The Labute approximate surface area is 329 Å². The third kappa shape index (κ3) is 8.43. The van der Waals surface area contributed by atoms with Crippen molar-refractivity contribution in [1.82, 2.24) is 33.9 Å². The molecule has 6 aromatic rings. The molecule has 0 saturated carbocycles. The monoisotopic (exact) mass is 799 g/mol. The fourth-order valence-corrected chi connectivity index (χ4v) is 8.84. The van der Waals surface area contributed by atoms with Crippen molar-refractivity contribution < 1.29 is 32.5 Å². The summed E-state index contributed by atoms with van der Waals surface area (Å²) >= 11 is 1.63. The Morgan fingerprint density at radius 3 is 2.44 bits per heavy atom. The Hall–Kier alpha value is -5.58. The number of thiazole rings is 1. The number of halogens is 3. The van der Waals surface area contributed by atoms with Crippen LogP contribution >= 0.6 is 11.3 Å². The van der Waals surface area contributed by atoms with Crippen molar-refractivity contribution in [3.05, 3.63) is 119 Å². The molecule has 0 radical (unpaired) electrons. The van der Waals surface area contributed by atoms with Gasteiger partial charge in [-0.05, 0) is 67.8 Å². The summed E-state index contributed by atoms with van der Waals surface area (Å²) in [7, 11) is 1.59. The molecule has 16 heteroatoms. The molecule has 2 atom stereocenters. The van der Waals surface area contributed by atoms with Gasteiger partial charge in [-0.25, -0.2) is 15.0 Å². The highest BCUT2D eigenvalue weighted by atomic mass is 32.1. The van der Waals surface area contributed by atoms with E-state index >= 15 is 0 Å². The Balaban J connectivity index is 0.909. The summed E-state index contributed by atoms with van der Waals surface area (Å²) in [6, 6.07) is 20.8. The van der Waals surface area contributed by atoms with E-state index in [2.05, 4.69) is 36.7 Å². The van der Waals surface area contributed by atoms with E-state index in [1.165, 1.54) is 35.2 Å². The number of nitrogens with zero attached hydrogens (tertiary/aromatic N) is 7. The topological polar surface area (TPSA) is 128 Å². The van der Waals surface area contributed by atoms with Crippen LogP contribution in [0, 0.1) is 5.92 Å². The standard InChI is InChI=1S/C41H40F3N7O5S/c1-55-35-12-7-28(21-45-35)37-46-22-31(57-37)23-48-17-13-32(34(24-48)27-5-3-2-4-6-27)38(52)49-19-15-40(54,16-20-49)25-50-26-47-36-33(39(50)53)14-18-51(36)29-8-10-30(11-9-29)56-41(42,43)44/h2-12,14,18,21-22,26,32,34,54H,13,15-17,19-20,23-25H2,1H3/t32-,34+/m1/s1. The molecule has 4 aromatic heterocycles. The van der Waals surface area contributed by atoms with Gasteiger partial charge in [0.2, 0.25) is 11.8 Å². The van der Waals surface area contributed by atoms with Gasteiger partial charge in [-0.15, -0.1) is 24.5 Å². The van der Waals surface area contributed by atoms with Crippen LogP contribution in [0.4, 0.5) is 13.2 Å². The zero-order valence-electron chi connectivity index (χ0n) is 31.0. The van der Waals surface area contributed by atoms with Crippen molar-refractivity contribution in [2.24, 2.45) is 5.92 Å². The molecular formula is C41H40F3N7O5S. The van der Waals surface area contributed by atoms with Crippen LogP contribution in [0.15, 0.2) is 103 Å². The molecule has 2 aliphatic rings. The van der Waals surface area contributed by atoms with Crippen molar-refractivity contribution in [2.45, 2.75) is 50.2 Å². The summed E-state index contributed by atoms with van der Waals surface area (Å²) in [4.78, 5) is 46.6. The highest BCUT2D eigenvalue weighted by molar-refractivity contribution is 7.15. The first-order valence-electron chi connectivity index (χ1n) is 18.6. The smallest absolute Gasteiger partial charge is 0.481 e. The molecule has 2 saturated heterocycles. The predicted octanol–water partition coefficient (Wildman–Crippen LogP) is 6.27. The number of carbonyl (C=O) groups is 1. The Morgan fingerprint density at radius 1 is 0.965 bits per heavy atom. The molecule has 0 bridgehead atoms. The normalized spacial score (nSPS) is 18.8. The minimum atomic E-state index is -4.80. The number of benzene rings is 2. The number of hydrogen-bond acceptors (Lipinski definition) is 10. The minimum absolute atomic E-state index is 0.00472. The molecule has 12 nitrogen and oxygen atoms in total. The summed E-state index contributed by atoms with van der Waals surface area (Å²) in [5.41, 5.74) is 1.29. The molecule has 2 fully saturated rings. The van der Waals surface area contributed by atoms with E-state index in [0.29, 0.717) is 61.5 Å². The Kier molecular flexibility index (Phi) is 10.6.